The number of carbonyl (C=O) groups excluding carboxylic acids is 2. The van der Waals surface area contributed by atoms with Gasteiger partial charge in [-0.05, 0) is 63.8 Å². The molecular formula is C39H54N6O6S2. The standard InChI is InChI=1S/C39H54N6O6S2/c1-28(40-21-30(46)25-50-32-11-5-3-6-12-32)19-38-42-23-34(52-38)15-9-17-36(48)44-27-45-37(49)18-10-16-35-24-43-39(53-35)20-29(2)41-22-31(47)26-51-33-13-7-4-8-14-33/h3-8,11-14,23-24,28-31,40-41,46-47H,9-10,15-22,25-27H2,1-2H3,(H,44,48)(H,45,49). The molecular weight excluding hydrogens is 713 g/mol. The van der Waals surface area contributed by atoms with Crippen LogP contribution in [-0.4, -0.2) is 89.3 Å². The molecule has 4 atom stereocenters. The van der Waals surface area contributed by atoms with Crippen molar-refractivity contribution in [2.75, 3.05) is 33.0 Å². The number of aliphatic hydroxyl groups is 2. The van der Waals surface area contributed by atoms with Gasteiger partial charge in [-0.3, -0.25) is 9.59 Å². The fourth-order valence-corrected chi connectivity index (χ4v) is 7.45. The number of para-hydroxylation sites is 2. The molecule has 0 aliphatic rings. The summed E-state index contributed by atoms with van der Waals surface area (Å²) in [4.78, 5) is 36.0. The average molecular weight is 767 g/mol. The van der Waals surface area contributed by atoms with Crippen LogP contribution in [0.3, 0.4) is 0 Å². The maximum Gasteiger partial charge on any atom is 0.221 e. The Morgan fingerprint density at radius 3 is 1.51 bits per heavy atom. The van der Waals surface area contributed by atoms with Gasteiger partial charge in [0, 0.05) is 73.0 Å². The second-order valence-electron chi connectivity index (χ2n) is 13.1. The van der Waals surface area contributed by atoms with E-state index in [1.165, 1.54) is 0 Å². The van der Waals surface area contributed by atoms with Crippen LogP contribution in [0.1, 0.15) is 59.3 Å². The molecule has 0 fully saturated rings. The molecule has 0 saturated carbocycles. The van der Waals surface area contributed by atoms with Crippen molar-refractivity contribution in [3.05, 3.63) is 92.8 Å². The second-order valence-corrected chi connectivity index (χ2v) is 15.5. The van der Waals surface area contributed by atoms with Crippen molar-refractivity contribution in [3.63, 3.8) is 0 Å². The number of nitrogens with one attached hydrogen (secondary N) is 4. The zero-order valence-corrected chi connectivity index (χ0v) is 32.3. The number of thiazole rings is 2. The van der Waals surface area contributed by atoms with E-state index in [1.54, 1.807) is 22.7 Å². The van der Waals surface area contributed by atoms with Crippen LogP contribution in [0.5, 0.6) is 11.5 Å². The molecule has 4 unspecified atom stereocenters. The predicted molar refractivity (Wildman–Crippen MR) is 209 cm³/mol. The van der Waals surface area contributed by atoms with Crippen molar-refractivity contribution in [3.8, 4) is 11.5 Å². The molecule has 12 nitrogen and oxygen atoms in total. The molecule has 0 aliphatic heterocycles. The van der Waals surface area contributed by atoms with Crippen LogP contribution in [0.4, 0.5) is 0 Å². The molecule has 53 heavy (non-hydrogen) atoms. The lowest BCUT2D eigenvalue weighted by Gasteiger charge is -2.17. The first kappa shape index (κ1) is 41.8. The van der Waals surface area contributed by atoms with Gasteiger partial charge in [0.05, 0.1) is 16.7 Å². The third-order valence-electron chi connectivity index (χ3n) is 8.16. The number of carbonyl (C=O) groups is 2. The van der Waals surface area contributed by atoms with E-state index in [2.05, 4.69) is 45.1 Å². The van der Waals surface area contributed by atoms with Crippen molar-refractivity contribution in [2.24, 2.45) is 0 Å². The van der Waals surface area contributed by atoms with Gasteiger partial charge in [-0.15, -0.1) is 22.7 Å². The number of ether oxygens (including phenoxy) is 2. The highest BCUT2D eigenvalue weighted by Gasteiger charge is 2.13. The van der Waals surface area contributed by atoms with Gasteiger partial charge in [-0.2, -0.15) is 0 Å². The highest BCUT2D eigenvalue weighted by Crippen LogP contribution is 2.18. The zero-order valence-electron chi connectivity index (χ0n) is 30.7. The second kappa shape index (κ2) is 23.7. The minimum atomic E-state index is -0.614. The van der Waals surface area contributed by atoms with E-state index in [0.29, 0.717) is 38.8 Å². The van der Waals surface area contributed by atoms with Crippen molar-refractivity contribution < 1.29 is 29.3 Å². The Morgan fingerprint density at radius 2 is 1.09 bits per heavy atom. The normalized spacial score (nSPS) is 13.5. The lowest BCUT2D eigenvalue weighted by molar-refractivity contribution is -0.122. The molecule has 0 spiro atoms. The van der Waals surface area contributed by atoms with Gasteiger partial charge in [0.2, 0.25) is 11.8 Å². The molecule has 2 heterocycles. The number of hydrogen-bond acceptors (Lipinski definition) is 12. The molecule has 0 bridgehead atoms. The fraction of sp³-hybridized carbons (Fsp3) is 0.487. The highest BCUT2D eigenvalue weighted by atomic mass is 32.1. The summed E-state index contributed by atoms with van der Waals surface area (Å²) in [5.74, 6) is 1.28. The first-order chi connectivity index (χ1) is 25.7. The van der Waals surface area contributed by atoms with Gasteiger partial charge >= 0.3 is 0 Å². The Morgan fingerprint density at radius 1 is 0.679 bits per heavy atom. The molecule has 4 aromatic rings. The van der Waals surface area contributed by atoms with Crippen LogP contribution in [0.15, 0.2) is 73.1 Å². The number of amides is 2. The van der Waals surface area contributed by atoms with E-state index < -0.39 is 12.2 Å². The van der Waals surface area contributed by atoms with E-state index in [-0.39, 0.29) is 43.8 Å². The summed E-state index contributed by atoms with van der Waals surface area (Å²) in [7, 11) is 0. The molecule has 0 saturated heterocycles. The molecule has 4 rings (SSSR count). The number of benzene rings is 2. The maximum absolute atomic E-state index is 12.3. The fourth-order valence-electron chi connectivity index (χ4n) is 5.26. The quantitative estimate of drug-likeness (QED) is 0.0514. The van der Waals surface area contributed by atoms with Crippen molar-refractivity contribution >= 4 is 34.5 Å². The lowest BCUT2D eigenvalue weighted by Crippen LogP contribution is -2.37. The number of nitrogens with zero attached hydrogens (tertiary/aromatic N) is 2. The van der Waals surface area contributed by atoms with Gasteiger partial charge in [-0.25, -0.2) is 9.97 Å². The average Bonchev–Trinajstić information content (AvgIpc) is 3.81. The van der Waals surface area contributed by atoms with Gasteiger partial charge in [-0.1, -0.05) is 36.4 Å². The molecule has 14 heteroatoms. The largest absolute Gasteiger partial charge is 0.491 e. The first-order valence-corrected chi connectivity index (χ1v) is 19.9. The zero-order chi connectivity index (χ0) is 37.7. The van der Waals surface area contributed by atoms with E-state index in [4.69, 9.17) is 9.47 Å². The van der Waals surface area contributed by atoms with Crippen LogP contribution < -0.4 is 30.7 Å². The number of aromatic nitrogens is 2. The summed E-state index contributed by atoms with van der Waals surface area (Å²) in [6, 6.07) is 19.2. The SMILES string of the molecule is CC(Cc1ncc(CCCC(=O)NCNC(=O)CCCc2cnc(CC(C)NCC(O)COc3ccccc3)s2)s1)NCC(O)COc1ccccc1. The molecule has 6 N–H and O–H groups in total. The molecule has 2 aromatic carbocycles. The van der Waals surface area contributed by atoms with Gasteiger partial charge < -0.3 is 41.0 Å². The third kappa shape index (κ3) is 17.6. The first-order valence-electron chi connectivity index (χ1n) is 18.3. The van der Waals surface area contributed by atoms with Crippen molar-refractivity contribution in [1.29, 1.82) is 0 Å². The summed E-state index contributed by atoms with van der Waals surface area (Å²) in [5, 5.41) is 34.7. The van der Waals surface area contributed by atoms with Gasteiger partial charge in [0.15, 0.2) is 0 Å². The van der Waals surface area contributed by atoms with Crippen LogP contribution in [0, 0.1) is 0 Å². The summed E-state index contributed by atoms with van der Waals surface area (Å²) in [5.41, 5.74) is 0. The smallest absolute Gasteiger partial charge is 0.221 e. The molecule has 288 valence electrons. The third-order valence-corrected chi connectivity index (χ3v) is 10.3. The van der Waals surface area contributed by atoms with Crippen molar-refractivity contribution in [2.45, 2.75) is 89.5 Å². The van der Waals surface area contributed by atoms with Crippen LogP contribution in [0.2, 0.25) is 0 Å². The van der Waals surface area contributed by atoms with Crippen LogP contribution >= 0.6 is 22.7 Å². The number of aliphatic hydroxyl groups excluding tert-OH is 2. The van der Waals surface area contributed by atoms with E-state index in [0.717, 1.165) is 57.0 Å². The molecule has 2 aromatic heterocycles. The van der Waals surface area contributed by atoms with Crippen LogP contribution in [0.25, 0.3) is 0 Å². The summed E-state index contributed by atoms with van der Waals surface area (Å²) in [6.07, 6.45) is 7.66. The monoisotopic (exact) mass is 766 g/mol. The van der Waals surface area contributed by atoms with E-state index in [9.17, 15) is 19.8 Å². The minimum Gasteiger partial charge on any atom is -0.491 e. The van der Waals surface area contributed by atoms with Crippen molar-refractivity contribution in [1.82, 2.24) is 31.2 Å². The Balaban J connectivity index is 0.981. The number of hydrogen-bond donors (Lipinski definition) is 6. The summed E-state index contributed by atoms with van der Waals surface area (Å²) in [6.45, 7) is 5.54. The number of aryl methyl sites for hydroxylation is 2. The lowest BCUT2D eigenvalue weighted by atomic mass is 10.2. The molecule has 0 radical (unpaired) electrons. The molecule has 2 amide bonds. The highest BCUT2D eigenvalue weighted by molar-refractivity contribution is 7.11. The molecule has 0 aliphatic carbocycles. The number of rotatable bonds is 26. The topological polar surface area (TPSA) is 167 Å². The van der Waals surface area contributed by atoms with Crippen LogP contribution in [-0.2, 0) is 35.3 Å². The van der Waals surface area contributed by atoms with Gasteiger partial charge in [0.1, 0.15) is 36.9 Å². The van der Waals surface area contributed by atoms with Gasteiger partial charge in [0.25, 0.3) is 0 Å². The predicted octanol–water partition coefficient (Wildman–Crippen LogP) is 4.06. The van der Waals surface area contributed by atoms with E-state index in [1.807, 2.05) is 73.1 Å². The Bertz CT molecular complexity index is 1490. The maximum atomic E-state index is 12.3. The Hall–Kier alpha value is -3.92. The van der Waals surface area contributed by atoms with E-state index >= 15 is 0 Å². The summed E-state index contributed by atoms with van der Waals surface area (Å²) >= 11 is 3.29. The Labute approximate surface area is 320 Å². The minimum absolute atomic E-state index is 0.0985. The Kier molecular flexibility index (Phi) is 18.7. The summed E-state index contributed by atoms with van der Waals surface area (Å²) < 4.78 is 11.2.